The molecule has 1 saturated carbocycles. The fourth-order valence-electron chi connectivity index (χ4n) is 2.03. The second-order valence-corrected chi connectivity index (χ2v) is 6.74. The van der Waals surface area contributed by atoms with Crippen LogP contribution in [0.25, 0.3) is 0 Å². The van der Waals surface area contributed by atoms with Gasteiger partial charge in [0.15, 0.2) is 0 Å². The van der Waals surface area contributed by atoms with Crippen LogP contribution >= 0.6 is 0 Å². The fourth-order valence-corrected chi connectivity index (χ4v) is 3.89. The standard InChI is InChI=1S/C13H19FN2O2S/c1-2-3-8-16(11-5-6-11)19(17,18)13-9-10(14)4-7-12(13)15/h4,7,9,11H,2-3,5-6,8,15H2,1H3. The number of rotatable bonds is 6. The monoisotopic (exact) mass is 286 g/mol. The van der Waals surface area contributed by atoms with Crippen molar-refractivity contribution in [3.63, 3.8) is 0 Å². The molecule has 0 radical (unpaired) electrons. The van der Waals surface area contributed by atoms with Gasteiger partial charge in [-0.3, -0.25) is 0 Å². The molecule has 19 heavy (non-hydrogen) atoms. The van der Waals surface area contributed by atoms with Gasteiger partial charge in [0.1, 0.15) is 10.7 Å². The van der Waals surface area contributed by atoms with E-state index in [0.717, 1.165) is 31.7 Å². The van der Waals surface area contributed by atoms with Gasteiger partial charge in [-0.2, -0.15) is 4.31 Å². The Kier molecular flexibility index (Phi) is 4.10. The summed E-state index contributed by atoms with van der Waals surface area (Å²) >= 11 is 0. The average molecular weight is 286 g/mol. The van der Waals surface area contributed by atoms with Crippen LogP contribution < -0.4 is 5.73 Å². The highest BCUT2D eigenvalue weighted by molar-refractivity contribution is 7.89. The number of hydrogen-bond donors (Lipinski definition) is 1. The molecule has 0 spiro atoms. The molecule has 0 saturated heterocycles. The minimum Gasteiger partial charge on any atom is -0.398 e. The van der Waals surface area contributed by atoms with Crippen LogP contribution in [0.15, 0.2) is 23.1 Å². The van der Waals surface area contributed by atoms with Crippen molar-refractivity contribution in [3.05, 3.63) is 24.0 Å². The molecule has 1 fully saturated rings. The molecule has 0 heterocycles. The van der Waals surface area contributed by atoms with Crippen molar-refractivity contribution >= 4 is 15.7 Å². The lowest BCUT2D eigenvalue weighted by Gasteiger charge is -2.22. The molecule has 6 heteroatoms. The van der Waals surface area contributed by atoms with E-state index in [4.69, 9.17) is 5.73 Å². The zero-order valence-electron chi connectivity index (χ0n) is 11.0. The van der Waals surface area contributed by atoms with Crippen LogP contribution in [-0.4, -0.2) is 25.3 Å². The van der Waals surface area contributed by atoms with E-state index in [1.165, 1.54) is 16.4 Å². The predicted octanol–water partition coefficient (Wildman–Crippen LogP) is 2.36. The lowest BCUT2D eigenvalue weighted by molar-refractivity contribution is 0.395. The topological polar surface area (TPSA) is 63.4 Å². The Morgan fingerprint density at radius 1 is 1.42 bits per heavy atom. The summed E-state index contributed by atoms with van der Waals surface area (Å²) in [7, 11) is -3.69. The summed E-state index contributed by atoms with van der Waals surface area (Å²) in [5, 5.41) is 0. The summed E-state index contributed by atoms with van der Waals surface area (Å²) in [5.41, 5.74) is 5.79. The summed E-state index contributed by atoms with van der Waals surface area (Å²) in [6.07, 6.45) is 3.46. The van der Waals surface area contributed by atoms with E-state index in [1.54, 1.807) is 0 Å². The summed E-state index contributed by atoms with van der Waals surface area (Å²) in [6.45, 7) is 2.48. The molecule has 0 atom stereocenters. The Hall–Kier alpha value is -1.14. The molecule has 0 amide bonds. The van der Waals surface area contributed by atoms with Gasteiger partial charge in [0.05, 0.1) is 5.69 Å². The van der Waals surface area contributed by atoms with E-state index in [-0.39, 0.29) is 16.6 Å². The summed E-state index contributed by atoms with van der Waals surface area (Å²) in [5.74, 6) is -0.584. The molecule has 0 aromatic heterocycles. The van der Waals surface area contributed by atoms with Crippen molar-refractivity contribution in [1.82, 2.24) is 4.31 Å². The maximum atomic E-state index is 13.3. The van der Waals surface area contributed by atoms with E-state index >= 15 is 0 Å². The van der Waals surface area contributed by atoms with Gasteiger partial charge < -0.3 is 5.73 Å². The van der Waals surface area contributed by atoms with Crippen LogP contribution in [0, 0.1) is 5.82 Å². The van der Waals surface area contributed by atoms with E-state index in [2.05, 4.69) is 0 Å². The van der Waals surface area contributed by atoms with Crippen LogP contribution in [0.4, 0.5) is 10.1 Å². The van der Waals surface area contributed by atoms with Crippen molar-refractivity contribution in [3.8, 4) is 0 Å². The molecule has 0 bridgehead atoms. The van der Waals surface area contributed by atoms with Gasteiger partial charge in [0.25, 0.3) is 0 Å². The Morgan fingerprint density at radius 2 is 2.11 bits per heavy atom. The number of sulfonamides is 1. The molecule has 1 aliphatic rings. The molecule has 2 rings (SSSR count). The first-order valence-electron chi connectivity index (χ1n) is 6.53. The van der Waals surface area contributed by atoms with Crippen LogP contribution in [0.5, 0.6) is 0 Å². The third-order valence-corrected chi connectivity index (χ3v) is 5.26. The maximum Gasteiger partial charge on any atom is 0.245 e. The largest absolute Gasteiger partial charge is 0.398 e. The quantitative estimate of drug-likeness (QED) is 0.817. The van der Waals surface area contributed by atoms with Crippen molar-refractivity contribution in [2.24, 2.45) is 0 Å². The highest BCUT2D eigenvalue weighted by atomic mass is 32.2. The minimum atomic E-state index is -3.69. The lowest BCUT2D eigenvalue weighted by Crippen LogP contribution is -2.34. The van der Waals surface area contributed by atoms with Crippen LogP contribution in [0.1, 0.15) is 32.6 Å². The first kappa shape index (κ1) is 14.3. The predicted molar refractivity (Wildman–Crippen MR) is 72.6 cm³/mol. The molecule has 106 valence electrons. The molecule has 4 nitrogen and oxygen atoms in total. The summed E-state index contributed by atoms with van der Waals surface area (Å²) in [4.78, 5) is -0.115. The molecule has 1 aromatic rings. The lowest BCUT2D eigenvalue weighted by atomic mass is 10.3. The molecule has 0 aliphatic heterocycles. The van der Waals surface area contributed by atoms with Crippen molar-refractivity contribution < 1.29 is 12.8 Å². The van der Waals surface area contributed by atoms with Crippen LogP contribution in [-0.2, 0) is 10.0 Å². The highest BCUT2D eigenvalue weighted by Crippen LogP contribution is 2.34. The third kappa shape index (κ3) is 3.06. The Bertz CT molecular complexity index is 556. The van der Waals surface area contributed by atoms with Crippen LogP contribution in [0.3, 0.4) is 0 Å². The zero-order valence-corrected chi connectivity index (χ0v) is 11.8. The summed E-state index contributed by atoms with van der Waals surface area (Å²) < 4.78 is 39.9. The molecular weight excluding hydrogens is 267 g/mol. The van der Waals surface area contributed by atoms with E-state index in [9.17, 15) is 12.8 Å². The van der Waals surface area contributed by atoms with Gasteiger partial charge >= 0.3 is 0 Å². The highest BCUT2D eigenvalue weighted by Gasteiger charge is 2.38. The van der Waals surface area contributed by atoms with Gasteiger partial charge in [-0.15, -0.1) is 0 Å². The van der Waals surface area contributed by atoms with Gasteiger partial charge in [-0.05, 0) is 37.5 Å². The second kappa shape index (κ2) is 5.46. The van der Waals surface area contributed by atoms with Gasteiger partial charge in [-0.1, -0.05) is 13.3 Å². The minimum absolute atomic E-state index is 0.0548. The van der Waals surface area contributed by atoms with E-state index < -0.39 is 15.8 Å². The first-order valence-corrected chi connectivity index (χ1v) is 7.97. The van der Waals surface area contributed by atoms with E-state index in [1.807, 2.05) is 6.92 Å². The third-order valence-electron chi connectivity index (χ3n) is 3.25. The normalized spacial score (nSPS) is 15.9. The molecule has 1 aliphatic carbocycles. The molecule has 0 unspecified atom stereocenters. The van der Waals surface area contributed by atoms with Gasteiger partial charge in [0, 0.05) is 12.6 Å². The Labute approximate surface area is 113 Å². The van der Waals surface area contributed by atoms with Crippen molar-refractivity contribution in [1.29, 1.82) is 0 Å². The fraction of sp³-hybridized carbons (Fsp3) is 0.538. The van der Waals surface area contributed by atoms with Gasteiger partial charge in [-0.25, -0.2) is 12.8 Å². The molecule has 1 aromatic carbocycles. The second-order valence-electron chi connectivity index (χ2n) is 4.88. The number of anilines is 1. The Morgan fingerprint density at radius 3 is 2.68 bits per heavy atom. The van der Waals surface area contributed by atoms with Gasteiger partial charge in [0.2, 0.25) is 10.0 Å². The van der Waals surface area contributed by atoms with E-state index in [0.29, 0.717) is 6.54 Å². The smallest absolute Gasteiger partial charge is 0.245 e. The number of nitrogens with zero attached hydrogens (tertiary/aromatic N) is 1. The number of nitrogen functional groups attached to an aromatic ring is 1. The molecule has 2 N–H and O–H groups in total. The van der Waals surface area contributed by atoms with Crippen LogP contribution in [0.2, 0.25) is 0 Å². The van der Waals surface area contributed by atoms with Crippen molar-refractivity contribution in [2.75, 3.05) is 12.3 Å². The number of hydrogen-bond acceptors (Lipinski definition) is 3. The number of nitrogens with two attached hydrogens (primary N) is 1. The zero-order chi connectivity index (χ0) is 14.0. The first-order chi connectivity index (χ1) is 8.96. The average Bonchev–Trinajstić information content (AvgIpc) is 3.17. The SMILES string of the molecule is CCCCN(C1CC1)S(=O)(=O)c1cc(F)ccc1N. The number of unbranched alkanes of at least 4 members (excludes halogenated alkanes) is 1. The number of benzene rings is 1. The summed E-state index contributed by atoms with van der Waals surface area (Å²) in [6, 6.07) is 3.53. The number of halogens is 1. The van der Waals surface area contributed by atoms with Crippen molar-refractivity contribution in [2.45, 2.75) is 43.5 Å². The molecular formula is C13H19FN2O2S. The maximum absolute atomic E-state index is 13.3. The Balaban J connectivity index is 2.35.